The quantitative estimate of drug-likeness (QED) is 0.367. The standard InChI is InChI=1S/C13H15N5O2S/c1-9(2)12-15-16-13(21-3)17(12)14-8-10-6-4-5-7-11(10)18(19)20/h4-9H,1-3H3/b14-8-. The van der Waals surface area contributed by atoms with Gasteiger partial charge in [0.1, 0.15) is 0 Å². The summed E-state index contributed by atoms with van der Waals surface area (Å²) < 4.78 is 1.62. The maximum Gasteiger partial charge on any atom is 0.278 e. The Morgan fingerprint density at radius 2 is 2.10 bits per heavy atom. The first kappa shape index (κ1) is 15.2. The second-order valence-electron chi connectivity index (χ2n) is 4.57. The fraction of sp³-hybridized carbons (Fsp3) is 0.308. The molecular formula is C13H15N5O2S. The summed E-state index contributed by atoms with van der Waals surface area (Å²) in [6.07, 6.45) is 3.35. The summed E-state index contributed by atoms with van der Waals surface area (Å²) in [5.74, 6) is 0.871. The van der Waals surface area contributed by atoms with Crippen molar-refractivity contribution in [2.75, 3.05) is 6.26 Å². The van der Waals surface area contributed by atoms with Gasteiger partial charge in [-0.15, -0.1) is 10.2 Å². The number of rotatable bonds is 5. The van der Waals surface area contributed by atoms with E-state index in [0.29, 0.717) is 16.5 Å². The van der Waals surface area contributed by atoms with Gasteiger partial charge in [-0.25, -0.2) is 0 Å². The number of thioether (sulfide) groups is 1. The van der Waals surface area contributed by atoms with Crippen LogP contribution in [0.15, 0.2) is 34.5 Å². The van der Waals surface area contributed by atoms with Gasteiger partial charge >= 0.3 is 0 Å². The minimum Gasteiger partial charge on any atom is -0.258 e. The molecule has 0 bridgehead atoms. The highest BCUT2D eigenvalue weighted by molar-refractivity contribution is 7.98. The Hall–Kier alpha value is -2.22. The third-order valence-electron chi connectivity index (χ3n) is 2.78. The maximum atomic E-state index is 11.0. The minimum absolute atomic E-state index is 0.0196. The fourth-order valence-electron chi connectivity index (χ4n) is 1.76. The summed E-state index contributed by atoms with van der Waals surface area (Å²) in [5, 5.41) is 24.1. The Labute approximate surface area is 126 Å². The smallest absolute Gasteiger partial charge is 0.258 e. The van der Waals surface area contributed by atoms with Crippen LogP contribution in [0.1, 0.15) is 31.2 Å². The molecule has 1 heterocycles. The van der Waals surface area contributed by atoms with Crippen molar-refractivity contribution >= 4 is 23.7 Å². The fourth-order valence-corrected chi connectivity index (χ4v) is 2.19. The van der Waals surface area contributed by atoms with Crippen LogP contribution in [-0.2, 0) is 0 Å². The van der Waals surface area contributed by atoms with Gasteiger partial charge in [0, 0.05) is 12.0 Å². The van der Waals surface area contributed by atoms with Gasteiger partial charge in [-0.2, -0.15) is 9.78 Å². The van der Waals surface area contributed by atoms with E-state index in [0.717, 1.165) is 0 Å². The second-order valence-corrected chi connectivity index (χ2v) is 5.35. The lowest BCUT2D eigenvalue weighted by Crippen LogP contribution is -2.02. The Morgan fingerprint density at radius 3 is 2.71 bits per heavy atom. The van der Waals surface area contributed by atoms with E-state index < -0.39 is 4.92 Å². The van der Waals surface area contributed by atoms with Gasteiger partial charge in [-0.3, -0.25) is 10.1 Å². The largest absolute Gasteiger partial charge is 0.278 e. The van der Waals surface area contributed by atoms with Crippen molar-refractivity contribution in [3.05, 3.63) is 45.8 Å². The van der Waals surface area contributed by atoms with Gasteiger partial charge in [0.2, 0.25) is 5.16 Å². The zero-order chi connectivity index (χ0) is 15.4. The topological polar surface area (TPSA) is 86.2 Å². The van der Waals surface area contributed by atoms with E-state index in [-0.39, 0.29) is 11.6 Å². The summed E-state index contributed by atoms with van der Waals surface area (Å²) >= 11 is 1.42. The van der Waals surface area contributed by atoms with Crippen molar-refractivity contribution in [3.63, 3.8) is 0 Å². The highest BCUT2D eigenvalue weighted by Gasteiger charge is 2.15. The third-order valence-corrected chi connectivity index (χ3v) is 3.40. The molecule has 0 atom stereocenters. The molecule has 0 saturated carbocycles. The molecule has 0 aliphatic rings. The molecule has 0 aliphatic heterocycles. The van der Waals surface area contributed by atoms with Crippen LogP contribution in [0.5, 0.6) is 0 Å². The van der Waals surface area contributed by atoms with E-state index in [9.17, 15) is 10.1 Å². The first-order valence-corrected chi connectivity index (χ1v) is 7.54. The van der Waals surface area contributed by atoms with Crippen LogP contribution < -0.4 is 0 Å². The number of nitrogens with zero attached hydrogens (tertiary/aromatic N) is 5. The van der Waals surface area contributed by atoms with Gasteiger partial charge in [0.25, 0.3) is 5.69 Å². The molecule has 7 nitrogen and oxygen atoms in total. The molecule has 8 heteroatoms. The molecule has 1 aromatic carbocycles. The zero-order valence-corrected chi connectivity index (χ0v) is 12.7. The normalized spacial score (nSPS) is 11.4. The van der Waals surface area contributed by atoms with Crippen LogP contribution in [0, 0.1) is 10.1 Å². The number of benzene rings is 1. The molecule has 0 fully saturated rings. The highest BCUT2D eigenvalue weighted by atomic mass is 32.2. The molecule has 110 valence electrons. The monoisotopic (exact) mass is 305 g/mol. The lowest BCUT2D eigenvalue weighted by atomic mass is 10.2. The molecule has 2 rings (SSSR count). The molecule has 0 saturated heterocycles. The van der Waals surface area contributed by atoms with E-state index in [1.807, 2.05) is 20.1 Å². The van der Waals surface area contributed by atoms with Gasteiger partial charge in [-0.05, 0) is 12.3 Å². The van der Waals surface area contributed by atoms with Gasteiger partial charge < -0.3 is 0 Å². The molecule has 0 spiro atoms. The molecule has 0 aliphatic carbocycles. The minimum atomic E-state index is -0.424. The van der Waals surface area contributed by atoms with E-state index >= 15 is 0 Å². The van der Waals surface area contributed by atoms with Crippen LogP contribution in [0.3, 0.4) is 0 Å². The Morgan fingerprint density at radius 1 is 1.38 bits per heavy atom. The van der Waals surface area contributed by atoms with Crippen molar-refractivity contribution in [1.29, 1.82) is 0 Å². The predicted molar refractivity (Wildman–Crippen MR) is 82.0 cm³/mol. The number of hydrogen-bond acceptors (Lipinski definition) is 6. The molecule has 0 radical (unpaired) electrons. The Bertz CT molecular complexity index is 681. The Kier molecular flexibility index (Phi) is 4.69. The van der Waals surface area contributed by atoms with Crippen LogP contribution in [0.25, 0.3) is 0 Å². The zero-order valence-electron chi connectivity index (χ0n) is 11.9. The maximum absolute atomic E-state index is 11.0. The number of nitro benzene ring substituents is 1. The van der Waals surface area contributed by atoms with Crippen LogP contribution in [-0.4, -0.2) is 32.3 Å². The van der Waals surface area contributed by atoms with Crippen molar-refractivity contribution < 1.29 is 4.92 Å². The number of aromatic nitrogens is 3. The molecule has 2 aromatic rings. The lowest BCUT2D eigenvalue weighted by molar-refractivity contribution is -0.385. The third kappa shape index (κ3) is 3.27. The average molecular weight is 305 g/mol. The molecule has 0 N–H and O–H groups in total. The lowest BCUT2D eigenvalue weighted by Gasteiger charge is -2.05. The molecule has 1 aromatic heterocycles. The number of hydrogen-bond donors (Lipinski definition) is 0. The Balaban J connectivity index is 2.42. The number of nitro groups is 1. The van der Waals surface area contributed by atoms with Crippen LogP contribution in [0.2, 0.25) is 0 Å². The SMILES string of the molecule is CSc1nnc(C(C)C)n1/N=C\c1ccccc1[N+](=O)[O-]. The molecule has 0 amide bonds. The summed E-state index contributed by atoms with van der Waals surface area (Å²) in [6, 6.07) is 6.46. The first-order valence-electron chi connectivity index (χ1n) is 6.31. The van der Waals surface area contributed by atoms with E-state index in [1.54, 1.807) is 22.9 Å². The molecule has 0 unspecified atom stereocenters. The summed E-state index contributed by atoms with van der Waals surface area (Å²) in [7, 11) is 0. The summed E-state index contributed by atoms with van der Waals surface area (Å²) in [4.78, 5) is 10.6. The van der Waals surface area contributed by atoms with Crippen molar-refractivity contribution in [1.82, 2.24) is 14.9 Å². The summed E-state index contributed by atoms with van der Waals surface area (Å²) in [6.45, 7) is 3.98. The second kappa shape index (κ2) is 6.49. The highest BCUT2D eigenvalue weighted by Crippen LogP contribution is 2.20. The van der Waals surface area contributed by atoms with Gasteiger partial charge in [0.15, 0.2) is 5.82 Å². The van der Waals surface area contributed by atoms with Gasteiger partial charge in [-0.1, -0.05) is 37.7 Å². The van der Waals surface area contributed by atoms with Crippen molar-refractivity contribution in [2.45, 2.75) is 24.9 Å². The number of para-hydroxylation sites is 1. The predicted octanol–water partition coefficient (Wildman–Crippen LogP) is 2.91. The van der Waals surface area contributed by atoms with Crippen LogP contribution in [0.4, 0.5) is 5.69 Å². The van der Waals surface area contributed by atoms with Crippen molar-refractivity contribution in [3.8, 4) is 0 Å². The van der Waals surface area contributed by atoms with E-state index in [2.05, 4.69) is 15.3 Å². The first-order chi connectivity index (χ1) is 10.0. The average Bonchev–Trinajstić information content (AvgIpc) is 2.88. The molecule has 21 heavy (non-hydrogen) atoms. The molecular weight excluding hydrogens is 290 g/mol. The van der Waals surface area contributed by atoms with E-state index in [1.165, 1.54) is 24.0 Å². The van der Waals surface area contributed by atoms with Gasteiger partial charge in [0.05, 0.1) is 16.7 Å². The van der Waals surface area contributed by atoms with Crippen molar-refractivity contribution in [2.24, 2.45) is 5.10 Å². The van der Waals surface area contributed by atoms with Crippen LogP contribution >= 0.6 is 11.8 Å². The summed E-state index contributed by atoms with van der Waals surface area (Å²) in [5.41, 5.74) is 0.462. The van der Waals surface area contributed by atoms with E-state index in [4.69, 9.17) is 0 Å².